The number of hydrogen-bond donors (Lipinski definition) is 2. The van der Waals surface area contributed by atoms with E-state index in [0.717, 1.165) is 0 Å². The number of rotatable bonds is 0. The molecule has 2 N–H and O–H groups in total. The van der Waals surface area contributed by atoms with Crippen molar-refractivity contribution in [2.45, 2.75) is 0 Å². The molecule has 0 aliphatic carbocycles. The summed E-state index contributed by atoms with van der Waals surface area (Å²) in [6.45, 7) is 0. The zero-order valence-electron chi connectivity index (χ0n) is 2.21. The first kappa shape index (κ1) is 8.94. The molecule has 0 aromatic rings. The van der Waals surface area contributed by atoms with E-state index in [1.54, 1.807) is 0 Å². The number of hydrogen-bond acceptors (Lipinski definition) is 1. The molecule has 0 amide bonds. The van der Waals surface area contributed by atoms with Gasteiger partial charge in [-0.25, -0.2) is 0 Å². The van der Waals surface area contributed by atoms with E-state index in [1.165, 1.54) is 0 Å². The molecule has 0 atom stereocenters. The summed E-state index contributed by atoms with van der Waals surface area (Å²) in [5.41, 5.74) is 0. The molecular formula is H2CrO3Si. The SMILES string of the molecule is O=[Si](O)O.[Cr]. The van der Waals surface area contributed by atoms with Gasteiger partial charge >= 0.3 is 9.17 Å². The van der Waals surface area contributed by atoms with Crippen molar-refractivity contribution < 1.29 is 31.4 Å². The van der Waals surface area contributed by atoms with Gasteiger partial charge in [-0.15, -0.1) is 0 Å². The van der Waals surface area contributed by atoms with Crippen molar-refractivity contribution in [2.75, 3.05) is 0 Å². The van der Waals surface area contributed by atoms with Crippen molar-refractivity contribution in [2.24, 2.45) is 0 Å². The van der Waals surface area contributed by atoms with Gasteiger partial charge in [-0.2, -0.15) is 0 Å². The maximum absolute atomic E-state index is 8.74. The van der Waals surface area contributed by atoms with E-state index < -0.39 is 9.17 Å². The molecule has 30 valence electrons. The Balaban J connectivity index is 0. The van der Waals surface area contributed by atoms with Gasteiger partial charge in [0, 0.05) is 17.4 Å². The van der Waals surface area contributed by atoms with E-state index in [1.807, 2.05) is 0 Å². The summed E-state index contributed by atoms with van der Waals surface area (Å²) in [7, 11) is -3.13. The maximum atomic E-state index is 8.74. The largest absolute Gasteiger partial charge is 0.761 e. The smallest absolute Gasteiger partial charge is 0.511 e. The molecule has 5 heteroatoms. The van der Waals surface area contributed by atoms with E-state index in [4.69, 9.17) is 14.1 Å². The van der Waals surface area contributed by atoms with Crippen LogP contribution in [-0.2, 0) is 21.8 Å². The molecule has 0 aliphatic heterocycles. The van der Waals surface area contributed by atoms with Crippen LogP contribution in [0.2, 0.25) is 0 Å². The van der Waals surface area contributed by atoms with Gasteiger partial charge in [-0.3, -0.25) is 4.46 Å². The van der Waals surface area contributed by atoms with Crippen LogP contribution in [0.1, 0.15) is 0 Å². The minimum absolute atomic E-state index is 0. The van der Waals surface area contributed by atoms with Crippen LogP contribution in [-0.4, -0.2) is 18.8 Å². The predicted molar refractivity (Wildman–Crippen MR) is 10.9 cm³/mol. The van der Waals surface area contributed by atoms with Crippen LogP contribution < -0.4 is 0 Å². The van der Waals surface area contributed by atoms with Crippen LogP contribution in [0.15, 0.2) is 0 Å². The Morgan fingerprint density at radius 1 is 1.40 bits per heavy atom. The molecule has 5 heavy (non-hydrogen) atoms. The van der Waals surface area contributed by atoms with Crippen molar-refractivity contribution in [1.82, 2.24) is 0 Å². The molecule has 0 aromatic heterocycles. The van der Waals surface area contributed by atoms with E-state index in [0.29, 0.717) is 0 Å². The van der Waals surface area contributed by atoms with Crippen molar-refractivity contribution in [3.8, 4) is 0 Å². The Bertz CT molecular complexity index is 29.9. The first-order valence-corrected chi connectivity index (χ1v) is 1.95. The normalized spacial score (nSPS) is 4.80. The molecular weight excluding hydrogens is 128 g/mol. The van der Waals surface area contributed by atoms with Gasteiger partial charge in [0.1, 0.15) is 0 Å². The van der Waals surface area contributed by atoms with Gasteiger partial charge < -0.3 is 9.59 Å². The molecule has 0 radical (unpaired) electrons. The molecule has 0 saturated carbocycles. The van der Waals surface area contributed by atoms with Crippen molar-refractivity contribution in [1.29, 1.82) is 0 Å². The predicted octanol–water partition coefficient (Wildman–Crippen LogP) is -1.62. The summed E-state index contributed by atoms with van der Waals surface area (Å²) in [6.07, 6.45) is 0. The molecule has 0 heterocycles. The van der Waals surface area contributed by atoms with Crippen LogP contribution in [0.5, 0.6) is 0 Å². The molecule has 0 bridgehead atoms. The minimum atomic E-state index is -3.13. The molecule has 3 nitrogen and oxygen atoms in total. The summed E-state index contributed by atoms with van der Waals surface area (Å²) >= 11 is 0. The van der Waals surface area contributed by atoms with Gasteiger partial charge in [0.15, 0.2) is 0 Å². The first-order chi connectivity index (χ1) is 1.73. The first-order valence-electron chi connectivity index (χ1n) is 0.651. The Morgan fingerprint density at radius 3 is 1.40 bits per heavy atom. The Kier molecular flexibility index (Phi) is 7.42. The van der Waals surface area contributed by atoms with Gasteiger partial charge in [0.2, 0.25) is 0 Å². The Hall–Kier alpha value is 0.149. The third-order valence-corrected chi connectivity index (χ3v) is 0. The average Bonchev–Trinajstić information content (AvgIpc) is 0.811. The third kappa shape index (κ3) is 859. The second kappa shape index (κ2) is 4.15. The van der Waals surface area contributed by atoms with Crippen molar-refractivity contribution in [3.05, 3.63) is 0 Å². The zero-order chi connectivity index (χ0) is 3.58. The van der Waals surface area contributed by atoms with Crippen LogP contribution in [0, 0.1) is 0 Å². The molecule has 0 rings (SSSR count). The van der Waals surface area contributed by atoms with Gasteiger partial charge in [0.05, 0.1) is 0 Å². The topological polar surface area (TPSA) is 57.5 Å². The van der Waals surface area contributed by atoms with Crippen molar-refractivity contribution >= 4 is 9.17 Å². The fourth-order valence-corrected chi connectivity index (χ4v) is 0. The van der Waals surface area contributed by atoms with Crippen LogP contribution >= 0.6 is 0 Å². The summed E-state index contributed by atoms with van der Waals surface area (Å²) in [5.74, 6) is 0. The maximum Gasteiger partial charge on any atom is 0.761 e. The average molecular weight is 130 g/mol. The van der Waals surface area contributed by atoms with Gasteiger partial charge in [0.25, 0.3) is 0 Å². The second-order valence-electron chi connectivity index (χ2n) is 0.283. The van der Waals surface area contributed by atoms with Crippen LogP contribution in [0.3, 0.4) is 0 Å². The standard InChI is InChI=1S/Cr.H2O3Si/c;1-4(2)3/h;1-2H. The quantitative estimate of drug-likeness (QED) is 0.387. The fourth-order valence-electron chi connectivity index (χ4n) is 0. The van der Waals surface area contributed by atoms with Crippen LogP contribution in [0.4, 0.5) is 0 Å². The van der Waals surface area contributed by atoms with E-state index in [9.17, 15) is 0 Å². The summed E-state index contributed by atoms with van der Waals surface area (Å²) in [5, 5.41) is 0. The van der Waals surface area contributed by atoms with E-state index in [2.05, 4.69) is 0 Å². The second-order valence-corrected chi connectivity index (χ2v) is 0.848. The molecule has 0 aliphatic rings. The van der Waals surface area contributed by atoms with E-state index in [-0.39, 0.29) is 17.4 Å². The Morgan fingerprint density at radius 2 is 1.40 bits per heavy atom. The molecule has 0 fully saturated rings. The summed E-state index contributed by atoms with van der Waals surface area (Å²) < 4.78 is 8.74. The molecule has 0 aromatic carbocycles. The van der Waals surface area contributed by atoms with Crippen LogP contribution in [0.25, 0.3) is 0 Å². The van der Waals surface area contributed by atoms with Crippen molar-refractivity contribution in [3.63, 3.8) is 0 Å². The molecule has 0 saturated heterocycles. The summed E-state index contributed by atoms with van der Waals surface area (Å²) in [4.78, 5) is 14.3. The Labute approximate surface area is 41.3 Å². The zero-order valence-corrected chi connectivity index (χ0v) is 4.49. The minimum Gasteiger partial charge on any atom is -0.511 e. The molecule has 0 unspecified atom stereocenters. The van der Waals surface area contributed by atoms with E-state index >= 15 is 0 Å². The summed E-state index contributed by atoms with van der Waals surface area (Å²) in [6, 6.07) is 0. The monoisotopic (exact) mass is 130 g/mol. The fraction of sp³-hybridized carbons (Fsp3) is 0. The third-order valence-electron chi connectivity index (χ3n) is 0. The van der Waals surface area contributed by atoms with Gasteiger partial charge in [-0.05, 0) is 0 Å². The van der Waals surface area contributed by atoms with Gasteiger partial charge in [-0.1, -0.05) is 0 Å². The molecule has 0 spiro atoms.